The molecule has 1 heterocycles. The molecular weight excluding hydrogens is 242 g/mol. The van der Waals surface area contributed by atoms with Crippen molar-refractivity contribution in [1.29, 1.82) is 0 Å². The van der Waals surface area contributed by atoms with E-state index in [-0.39, 0.29) is 12.0 Å². The third-order valence-electron chi connectivity index (χ3n) is 3.81. The quantitative estimate of drug-likeness (QED) is 0.853. The standard InChI is InChI=1S/C14H23N3O2/c1-10(18)7-8-15-14(19)13-9-16-17(11(13)2)12-5-3-4-6-12/h9-10,12,18H,3-8H2,1-2H3,(H,15,19). The Morgan fingerprint density at radius 1 is 1.58 bits per heavy atom. The van der Waals surface area contributed by atoms with Crippen LogP contribution in [0.4, 0.5) is 0 Å². The summed E-state index contributed by atoms with van der Waals surface area (Å²) >= 11 is 0. The molecule has 106 valence electrons. The van der Waals surface area contributed by atoms with E-state index in [4.69, 9.17) is 0 Å². The van der Waals surface area contributed by atoms with Gasteiger partial charge in [0.05, 0.1) is 23.9 Å². The molecule has 1 unspecified atom stereocenters. The maximum absolute atomic E-state index is 12.0. The second kappa shape index (κ2) is 6.19. The lowest BCUT2D eigenvalue weighted by molar-refractivity contribution is 0.0945. The summed E-state index contributed by atoms with van der Waals surface area (Å²) in [7, 11) is 0. The Kier molecular flexibility index (Phi) is 4.58. The Morgan fingerprint density at radius 2 is 2.26 bits per heavy atom. The van der Waals surface area contributed by atoms with Gasteiger partial charge in [0, 0.05) is 12.2 Å². The Balaban J connectivity index is 1.98. The number of nitrogens with one attached hydrogen (secondary N) is 1. The van der Waals surface area contributed by atoms with Gasteiger partial charge in [0.25, 0.3) is 5.91 Å². The SMILES string of the molecule is Cc1c(C(=O)NCCC(C)O)cnn1C1CCCC1. The smallest absolute Gasteiger partial charge is 0.254 e. The molecule has 5 nitrogen and oxygen atoms in total. The Hall–Kier alpha value is -1.36. The van der Waals surface area contributed by atoms with Gasteiger partial charge < -0.3 is 10.4 Å². The first-order valence-electron chi connectivity index (χ1n) is 7.10. The molecule has 0 radical (unpaired) electrons. The molecule has 1 amide bonds. The summed E-state index contributed by atoms with van der Waals surface area (Å²) in [6.07, 6.45) is 6.66. The van der Waals surface area contributed by atoms with Gasteiger partial charge in [-0.1, -0.05) is 12.8 Å². The molecule has 0 aromatic carbocycles. The lowest BCUT2D eigenvalue weighted by Crippen LogP contribution is -2.27. The summed E-state index contributed by atoms with van der Waals surface area (Å²) in [5, 5.41) is 16.4. The molecule has 1 atom stereocenters. The average molecular weight is 265 g/mol. The van der Waals surface area contributed by atoms with Crippen LogP contribution >= 0.6 is 0 Å². The minimum Gasteiger partial charge on any atom is -0.393 e. The van der Waals surface area contributed by atoms with Crippen LogP contribution in [0.1, 0.15) is 61.1 Å². The molecule has 0 spiro atoms. The molecule has 5 heteroatoms. The van der Waals surface area contributed by atoms with E-state index in [1.807, 2.05) is 11.6 Å². The molecule has 1 aromatic heterocycles. The predicted molar refractivity (Wildman–Crippen MR) is 73.1 cm³/mol. The van der Waals surface area contributed by atoms with E-state index < -0.39 is 0 Å². The van der Waals surface area contributed by atoms with Crippen molar-refractivity contribution in [2.75, 3.05) is 6.54 Å². The zero-order valence-electron chi connectivity index (χ0n) is 11.7. The van der Waals surface area contributed by atoms with Crippen molar-refractivity contribution in [1.82, 2.24) is 15.1 Å². The largest absolute Gasteiger partial charge is 0.393 e. The van der Waals surface area contributed by atoms with Gasteiger partial charge in [-0.05, 0) is 33.1 Å². The first kappa shape index (κ1) is 14.1. The maximum atomic E-state index is 12.0. The van der Waals surface area contributed by atoms with Crippen molar-refractivity contribution in [2.24, 2.45) is 0 Å². The number of aliphatic hydroxyl groups is 1. The summed E-state index contributed by atoms with van der Waals surface area (Å²) in [5.74, 6) is -0.0950. The van der Waals surface area contributed by atoms with Crippen LogP contribution in [0, 0.1) is 6.92 Å². The molecule has 1 aliphatic rings. The molecule has 1 saturated carbocycles. The number of rotatable bonds is 5. The summed E-state index contributed by atoms with van der Waals surface area (Å²) in [6.45, 7) is 4.16. The topological polar surface area (TPSA) is 67.2 Å². The van der Waals surface area contributed by atoms with Crippen molar-refractivity contribution >= 4 is 5.91 Å². The fraction of sp³-hybridized carbons (Fsp3) is 0.714. The van der Waals surface area contributed by atoms with Crippen LogP contribution in [0.15, 0.2) is 6.20 Å². The van der Waals surface area contributed by atoms with E-state index in [0.717, 1.165) is 18.5 Å². The minimum atomic E-state index is -0.386. The second-order valence-electron chi connectivity index (χ2n) is 5.42. The number of amides is 1. The van der Waals surface area contributed by atoms with Crippen molar-refractivity contribution < 1.29 is 9.90 Å². The summed E-state index contributed by atoms with van der Waals surface area (Å²) in [6, 6.07) is 0.457. The molecular formula is C14H23N3O2. The number of aromatic nitrogens is 2. The van der Waals surface area contributed by atoms with Crippen LogP contribution in [-0.4, -0.2) is 33.4 Å². The molecule has 0 aliphatic heterocycles. The highest BCUT2D eigenvalue weighted by Crippen LogP contribution is 2.30. The molecule has 2 N–H and O–H groups in total. The van der Waals surface area contributed by atoms with Crippen molar-refractivity contribution in [3.8, 4) is 0 Å². The highest BCUT2D eigenvalue weighted by molar-refractivity contribution is 5.95. The van der Waals surface area contributed by atoms with Gasteiger partial charge in [0.15, 0.2) is 0 Å². The van der Waals surface area contributed by atoms with Crippen LogP contribution in [0.3, 0.4) is 0 Å². The minimum absolute atomic E-state index is 0.0950. The molecule has 1 aromatic rings. The predicted octanol–water partition coefficient (Wildman–Crippen LogP) is 1.81. The van der Waals surface area contributed by atoms with Gasteiger partial charge in [0.1, 0.15) is 0 Å². The Bertz CT molecular complexity index is 434. The third kappa shape index (κ3) is 3.35. The lowest BCUT2D eigenvalue weighted by Gasteiger charge is -2.12. The normalized spacial score (nSPS) is 17.6. The van der Waals surface area contributed by atoms with Crippen LogP contribution < -0.4 is 5.32 Å². The molecule has 1 aliphatic carbocycles. The van der Waals surface area contributed by atoms with E-state index in [0.29, 0.717) is 24.6 Å². The van der Waals surface area contributed by atoms with Crippen LogP contribution in [0.25, 0.3) is 0 Å². The first-order valence-corrected chi connectivity index (χ1v) is 7.10. The van der Waals surface area contributed by atoms with Crippen molar-refractivity contribution in [2.45, 2.75) is 58.1 Å². The number of aliphatic hydroxyl groups excluding tert-OH is 1. The first-order chi connectivity index (χ1) is 9.09. The van der Waals surface area contributed by atoms with Gasteiger partial charge in [-0.25, -0.2) is 0 Å². The van der Waals surface area contributed by atoms with Gasteiger partial charge in [0.2, 0.25) is 0 Å². The van der Waals surface area contributed by atoms with E-state index in [1.54, 1.807) is 13.1 Å². The van der Waals surface area contributed by atoms with Crippen LogP contribution in [0.5, 0.6) is 0 Å². The Labute approximate surface area is 114 Å². The van der Waals surface area contributed by atoms with E-state index >= 15 is 0 Å². The fourth-order valence-electron chi connectivity index (χ4n) is 2.65. The number of nitrogens with zero attached hydrogens (tertiary/aromatic N) is 2. The number of carbonyl (C=O) groups excluding carboxylic acids is 1. The molecule has 1 fully saturated rings. The highest BCUT2D eigenvalue weighted by atomic mass is 16.3. The van der Waals surface area contributed by atoms with Gasteiger partial charge in [-0.15, -0.1) is 0 Å². The molecule has 2 rings (SSSR count). The van der Waals surface area contributed by atoms with Crippen molar-refractivity contribution in [3.63, 3.8) is 0 Å². The molecule has 19 heavy (non-hydrogen) atoms. The monoisotopic (exact) mass is 265 g/mol. The number of carbonyl (C=O) groups is 1. The zero-order chi connectivity index (χ0) is 13.8. The Morgan fingerprint density at radius 3 is 2.89 bits per heavy atom. The van der Waals surface area contributed by atoms with Gasteiger partial charge in [-0.3, -0.25) is 9.48 Å². The number of hydrogen-bond donors (Lipinski definition) is 2. The average Bonchev–Trinajstić information content (AvgIpc) is 2.97. The van der Waals surface area contributed by atoms with Gasteiger partial charge in [-0.2, -0.15) is 5.10 Å². The third-order valence-corrected chi connectivity index (χ3v) is 3.81. The van der Waals surface area contributed by atoms with E-state index in [2.05, 4.69) is 10.4 Å². The van der Waals surface area contributed by atoms with E-state index in [1.165, 1.54) is 12.8 Å². The highest BCUT2D eigenvalue weighted by Gasteiger charge is 2.22. The molecule has 0 bridgehead atoms. The van der Waals surface area contributed by atoms with Gasteiger partial charge >= 0.3 is 0 Å². The summed E-state index contributed by atoms with van der Waals surface area (Å²) in [5.41, 5.74) is 1.60. The maximum Gasteiger partial charge on any atom is 0.254 e. The number of hydrogen-bond acceptors (Lipinski definition) is 3. The zero-order valence-corrected chi connectivity index (χ0v) is 11.7. The van der Waals surface area contributed by atoms with E-state index in [9.17, 15) is 9.90 Å². The molecule has 0 saturated heterocycles. The second-order valence-corrected chi connectivity index (χ2v) is 5.42. The summed E-state index contributed by atoms with van der Waals surface area (Å²) in [4.78, 5) is 12.0. The van der Waals surface area contributed by atoms with Crippen molar-refractivity contribution in [3.05, 3.63) is 17.5 Å². The fourth-order valence-corrected chi connectivity index (χ4v) is 2.65. The lowest BCUT2D eigenvalue weighted by atomic mass is 10.2. The van der Waals surface area contributed by atoms with Crippen LogP contribution in [-0.2, 0) is 0 Å². The summed E-state index contributed by atoms with van der Waals surface area (Å²) < 4.78 is 2.00. The van der Waals surface area contributed by atoms with Crippen LogP contribution in [0.2, 0.25) is 0 Å².